The van der Waals surface area contributed by atoms with Gasteiger partial charge in [0.05, 0.1) is 0 Å². The molecule has 0 unspecified atom stereocenters. The fourth-order valence-corrected chi connectivity index (χ4v) is 6.44. The smallest absolute Gasteiger partial charge is 0.398 e. The summed E-state index contributed by atoms with van der Waals surface area (Å²) in [6.45, 7) is 11.7. The largest absolute Gasteiger partial charge is 0.500 e. The van der Waals surface area contributed by atoms with Crippen molar-refractivity contribution >= 4 is 17.4 Å². The Morgan fingerprint density at radius 1 is 0.808 bits per heavy atom. The molecule has 0 aromatic carbocycles. The van der Waals surface area contributed by atoms with Crippen molar-refractivity contribution in [2.45, 2.75) is 58.7 Å². The van der Waals surface area contributed by atoms with E-state index in [0.717, 1.165) is 44.4 Å². The Kier molecular flexibility index (Phi) is 20.2. The quantitative estimate of drug-likeness (QED) is 0.298. The molecule has 0 radical (unpaired) electrons. The number of nitrogens with one attached hydrogen (secondary N) is 1. The van der Waals surface area contributed by atoms with Gasteiger partial charge in [0.25, 0.3) is 0 Å². The Bertz CT molecular complexity index is 281. The molecule has 0 saturated carbocycles. The highest BCUT2D eigenvalue weighted by Crippen LogP contribution is 2.17. The lowest BCUT2D eigenvalue weighted by Crippen LogP contribution is -2.46. The standard InChI is InChI=1S/C10H25NO3Si.C7H19NO2Si/c1-5-12-15(13-6-2,14-7-3)10-8-9-11-4;1-9-11(3,10-2)7-5-4-6-8/h11H,5-10H2,1-4H3;4-8H2,1-3H3. The van der Waals surface area contributed by atoms with Crippen molar-refractivity contribution in [2.75, 3.05) is 54.2 Å². The summed E-state index contributed by atoms with van der Waals surface area (Å²) in [4.78, 5) is 0. The lowest BCUT2D eigenvalue weighted by molar-refractivity contribution is 0.0708. The fourth-order valence-electron chi connectivity index (χ4n) is 2.36. The van der Waals surface area contributed by atoms with Crippen LogP contribution in [0.1, 0.15) is 40.0 Å². The third kappa shape index (κ3) is 14.2. The molecular weight excluding hydrogens is 368 g/mol. The molecule has 0 rings (SSSR count). The van der Waals surface area contributed by atoms with Gasteiger partial charge >= 0.3 is 17.4 Å². The maximum Gasteiger partial charge on any atom is 0.500 e. The molecule has 0 spiro atoms. The van der Waals surface area contributed by atoms with E-state index in [0.29, 0.717) is 19.8 Å². The minimum absolute atomic E-state index is 0.659. The zero-order chi connectivity index (χ0) is 20.3. The molecule has 26 heavy (non-hydrogen) atoms. The van der Waals surface area contributed by atoms with Gasteiger partial charge in [0, 0.05) is 40.1 Å². The number of nitrogens with two attached hydrogens (primary N) is 1. The van der Waals surface area contributed by atoms with Crippen LogP contribution in [0.3, 0.4) is 0 Å². The van der Waals surface area contributed by atoms with Crippen LogP contribution < -0.4 is 11.1 Å². The monoisotopic (exact) mass is 412 g/mol. The summed E-state index contributed by atoms with van der Waals surface area (Å²) in [7, 11) is 1.23. The van der Waals surface area contributed by atoms with E-state index in [1.807, 2.05) is 27.8 Å². The Balaban J connectivity index is 0. The van der Waals surface area contributed by atoms with E-state index in [2.05, 4.69) is 11.9 Å². The van der Waals surface area contributed by atoms with Gasteiger partial charge in [-0.05, 0) is 66.3 Å². The van der Waals surface area contributed by atoms with Gasteiger partial charge in [-0.1, -0.05) is 6.42 Å². The Morgan fingerprint density at radius 3 is 1.65 bits per heavy atom. The molecule has 0 aliphatic carbocycles. The molecule has 0 atom stereocenters. The lowest BCUT2D eigenvalue weighted by atomic mass is 10.3. The maximum absolute atomic E-state index is 5.72. The van der Waals surface area contributed by atoms with Crippen molar-refractivity contribution in [3.8, 4) is 0 Å². The molecule has 0 aliphatic rings. The molecular formula is C17H44N2O5Si2. The molecule has 0 fully saturated rings. The summed E-state index contributed by atoms with van der Waals surface area (Å²) < 4.78 is 27.8. The fraction of sp³-hybridized carbons (Fsp3) is 1.00. The van der Waals surface area contributed by atoms with E-state index in [-0.39, 0.29) is 0 Å². The first-order valence-corrected chi connectivity index (χ1v) is 14.2. The normalized spacial score (nSPS) is 12.0. The first-order valence-electron chi connectivity index (χ1n) is 9.79. The van der Waals surface area contributed by atoms with Crippen molar-refractivity contribution in [3.63, 3.8) is 0 Å². The van der Waals surface area contributed by atoms with Gasteiger partial charge in [0.2, 0.25) is 0 Å². The maximum atomic E-state index is 5.72. The molecule has 0 saturated heterocycles. The highest BCUT2D eigenvalue weighted by Gasteiger charge is 2.39. The van der Waals surface area contributed by atoms with Gasteiger partial charge < -0.3 is 33.2 Å². The minimum atomic E-state index is -2.37. The summed E-state index contributed by atoms with van der Waals surface area (Å²) in [6, 6.07) is 1.93. The second-order valence-corrected chi connectivity index (χ2v) is 12.3. The first kappa shape index (κ1) is 28.4. The minimum Gasteiger partial charge on any atom is -0.398 e. The van der Waals surface area contributed by atoms with Crippen LogP contribution in [0.15, 0.2) is 0 Å². The van der Waals surface area contributed by atoms with Gasteiger partial charge in [0.1, 0.15) is 0 Å². The Hall–Kier alpha value is 0.154. The van der Waals surface area contributed by atoms with Gasteiger partial charge in [-0.2, -0.15) is 0 Å². The topological polar surface area (TPSA) is 84.2 Å². The Labute approximate surface area is 163 Å². The van der Waals surface area contributed by atoms with Gasteiger partial charge in [-0.3, -0.25) is 0 Å². The van der Waals surface area contributed by atoms with Crippen LogP contribution in [0.2, 0.25) is 18.6 Å². The predicted molar refractivity (Wildman–Crippen MR) is 113 cm³/mol. The molecule has 0 aromatic rings. The third-order valence-electron chi connectivity index (χ3n) is 3.95. The molecule has 7 nitrogen and oxygen atoms in total. The third-order valence-corrected chi connectivity index (χ3v) is 10.1. The van der Waals surface area contributed by atoms with Crippen LogP contribution in [0.25, 0.3) is 0 Å². The van der Waals surface area contributed by atoms with E-state index in [1.165, 1.54) is 0 Å². The van der Waals surface area contributed by atoms with E-state index in [9.17, 15) is 0 Å². The van der Waals surface area contributed by atoms with E-state index in [4.69, 9.17) is 27.9 Å². The highest BCUT2D eigenvalue weighted by molar-refractivity contribution is 6.65. The first-order chi connectivity index (χ1) is 12.4. The average Bonchev–Trinajstić information content (AvgIpc) is 2.63. The second kappa shape index (κ2) is 18.5. The summed E-state index contributed by atoms with van der Waals surface area (Å²) in [6.07, 6.45) is 3.21. The van der Waals surface area contributed by atoms with Crippen molar-refractivity contribution in [3.05, 3.63) is 0 Å². The number of rotatable bonds is 16. The van der Waals surface area contributed by atoms with Gasteiger partial charge in [0.15, 0.2) is 0 Å². The van der Waals surface area contributed by atoms with Gasteiger partial charge in [-0.25, -0.2) is 0 Å². The zero-order valence-electron chi connectivity index (χ0n) is 18.2. The molecule has 160 valence electrons. The number of hydrogen-bond acceptors (Lipinski definition) is 7. The second-order valence-electron chi connectivity index (χ2n) is 5.98. The van der Waals surface area contributed by atoms with Crippen molar-refractivity contribution < 1.29 is 22.1 Å². The van der Waals surface area contributed by atoms with Crippen LogP contribution in [-0.4, -0.2) is 71.5 Å². The van der Waals surface area contributed by atoms with Crippen LogP contribution >= 0.6 is 0 Å². The Morgan fingerprint density at radius 2 is 1.31 bits per heavy atom. The van der Waals surface area contributed by atoms with Crippen molar-refractivity contribution in [2.24, 2.45) is 5.73 Å². The highest BCUT2D eigenvalue weighted by atomic mass is 28.4. The molecule has 0 amide bonds. The summed E-state index contributed by atoms with van der Waals surface area (Å²) in [5, 5.41) is 3.12. The van der Waals surface area contributed by atoms with E-state index >= 15 is 0 Å². The van der Waals surface area contributed by atoms with Crippen LogP contribution in [0, 0.1) is 0 Å². The summed E-state index contributed by atoms with van der Waals surface area (Å²) in [5.74, 6) is 0. The lowest BCUT2D eigenvalue weighted by Gasteiger charge is -2.28. The molecule has 9 heteroatoms. The predicted octanol–water partition coefficient (Wildman–Crippen LogP) is 2.73. The number of unbranched alkanes of at least 4 members (excludes halogenated alkanes) is 1. The van der Waals surface area contributed by atoms with E-state index in [1.54, 1.807) is 14.2 Å². The average molecular weight is 413 g/mol. The molecule has 0 bridgehead atoms. The summed E-state index contributed by atoms with van der Waals surface area (Å²) >= 11 is 0. The van der Waals surface area contributed by atoms with Gasteiger partial charge in [-0.15, -0.1) is 0 Å². The summed E-state index contributed by atoms with van der Waals surface area (Å²) in [5.41, 5.74) is 5.37. The SMILES string of the molecule is CCO[Si](CCCNC)(OCC)OCC.CO[Si](C)(CCCCN)OC. The van der Waals surface area contributed by atoms with Crippen molar-refractivity contribution in [1.82, 2.24) is 5.32 Å². The van der Waals surface area contributed by atoms with Crippen LogP contribution in [-0.2, 0) is 22.1 Å². The molecule has 3 N–H and O–H groups in total. The van der Waals surface area contributed by atoms with Crippen LogP contribution in [0.4, 0.5) is 0 Å². The number of hydrogen-bond donors (Lipinski definition) is 2. The molecule has 0 heterocycles. The molecule has 0 aliphatic heterocycles. The molecule has 0 aromatic heterocycles. The van der Waals surface area contributed by atoms with E-state index < -0.39 is 17.4 Å². The van der Waals surface area contributed by atoms with Crippen molar-refractivity contribution in [1.29, 1.82) is 0 Å². The van der Waals surface area contributed by atoms with Crippen LogP contribution in [0.5, 0.6) is 0 Å². The zero-order valence-corrected chi connectivity index (χ0v) is 20.2.